The lowest BCUT2D eigenvalue weighted by molar-refractivity contribution is -0.140. The van der Waals surface area contributed by atoms with E-state index in [9.17, 15) is 18.0 Å². The normalized spacial score (nSPS) is 12.5. The highest BCUT2D eigenvalue weighted by molar-refractivity contribution is 7.92. The number of anilines is 1. The van der Waals surface area contributed by atoms with E-state index in [1.54, 1.807) is 48.5 Å². The molecule has 0 fully saturated rings. The van der Waals surface area contributed by atoms with Crippen LogP contribution < -0.4 is 14.4 Å². The number of para-hydroxylation sites is 1. The zero-order valence-corrected chi connectivity index (χ0v) is 27.2. The Bertz CT molecular complexity index is 1650. The van der Waals surface area contributed by atoms with E-state index in [0.29, 0.717) is 28.6 Å². The van der Waals surface area contributed by atoms with Gasteiger partial charge in [0.15, 0.2) is 0 Å². The molecule has 0 bridgehead atoms. The van der Waals surface area contributed by atoms with Gasteiger partial charge in [0.1, 0.15) is 24.1 Å². The average Bonchev–Trinajstić information content (AvgIpc) is 3.03. The maximum absolute atomic E-state index is 14.2. The molecule has 0 aromatic heterocycles. The molecule has 8 nitrogen and oxygen atoms in total. The third-order valence-corrected chi connectivity index (χ3v) is 8.71. The lowest BCUT2D eigenvalue weighted by atomic mass is 10.0. The lowest BCUT2D eigenvalue weighted by Crippen LogP contribution is -2.54. The van der Waals surface area contributed by atoms with Crippen molar-refractivity contribution in [3.8, 4) is 11.5 Å². The van der Waals surface area contributed by atoms with E-state index < -0.39 is 28.5 Å². The van der Waals surface area contributed by atoms with Gasteiger partial charge in [-0.2, -0.15) is 0 Å². The van der Waals surface area contributed by atoms with Crippen molar-refractivity contribution in [1.82, 2.24) is 10.2 Å². The van der Waals surface area contributed by atoms with E-state index in [1.165, 1.54) is 4.90 Å². The second-order valence-corrected chi connectivity index (χ2v) is 13.2. The highest BCUT2D eigenvalue weighted by Crippen LogP contribution is 2.26. The summed E-state index contributed by atoms with van der Waals surface area (Å²) in [6.45, 7) is 3.43. The summed E-state index contributed by atoms with van der Waals surface area (Å²) in [6.07, 6.45) is 2.00. The Kier molecular flexibility index (Phi) is 11.6. The molecule has 0 aliphatic rings. The number of sulfonamides is 1. The number of carbonyl (C=O) groups is 2. The van der Waals surface area contributed by atoms with Gasteiger partial charge in [-0.3, -0.25) is 13.9 Å². The molecule has 4 aromatic carbocycles. The largest absolute Gasteiger partial charge is 0.457 e. The van der Waals surface area contributed by atoms with Crippen LogP contribution in [0.1, 0.15) is 31.4 Å². The van der Waals surface area contributed by atoms with Crippen LogP contribution in [0.25, 0.3) is 0 Å². The fraction of sp³-hybridized carbons (Fsp3) is 0.257. The summed E-state index contributed by atoms with van der Waals surface area (Å²) in [5.41, 5.74) is 1.90. The Hall–Kier alpha value is -4.34. The SMILES string of the molecule is CC[C@H](C)NC(=O)[C@H](Cc1ccccc1)N(Cc1ccc(Cl)cc1)C(=O)CN(c1ccc(Oc2ccccc2)cc1)S(C)(=O)=O. The van der Waals surface area contributed by atoms with E-state index in [4.69, 9.17) is 16.3 Å². The van der Waals surface area contributed by atoms with E-state index in [0.717, 1.165) is 21.7 Å². The summed E-state index contributed by atoms with van der Waals surface area (Å²) in [5.74, 6) is 0.307. The molecule has 0 saturated heterocycles. The molecule has 0 radical (unpaired) electrons. The fourth-order valence-corrected chi connectivity index (χ4v) is 5.68. The summed E-state index contributed by atoms with van der Waals surface area (Å²) in [5, 5.41) is 3.56. The lowest BCUT2D eigenvalue weighted by Gasteiger charge is -2.34. The van der Waals surface area contributed by atoms with Gasteiger partial charge in [0.2, 0.25) is 21.8 Å². The molecule has 10 heteroatoms. The minimum Gasteiger partial charge on any atom is -0.457 e. The number of amides is 2. The molecule has 2 amide bonds. The van der Waals surface area contributed by atoms with Crippen LogP contribution in [-0.2, 0) is 32.6 Å². The topological polar surface area (TPSA) is 96.0 Å². The third kappa shape index (κ3) is 9.83. The Balaban J connectivity index is 1.67. The van der Waals surface area contributed by atoms with E-state index >= 15 is 0 Å². The van der Waals surface area contributed by atoms with Gasteiger partial charge >= 0.3 is 0 Å². The van der Waals surface area contributed by atoms with Crippen molar-refractivity contribution in [2.75, 3.05) is 17.1 Å². The molecular formula is C35H38ClN3O5S. The second kappa shape index (κ2) is 15.6. The maximum atomic E-state index is 14.2. The van der Waals surface area contributed by atoms with Crippen molar-refractivity contribution in [2.24, 2.45) is 0 Å². The highest BCUT2D eigenvalue weighted by atomic mass is 35.5. The molecule has 236 valence electrons. The van der Waals surface area contributed by atoms with Gasteiger partial charge in [-0.05, 0) is 73.0 Å². The smallest absolute Gasteiger partial charge is 0.244 e. The minimum absolute atomic E-state index is 0.0723. The number of nitrogens with zero attached hydrogens (tertiary/aromatic N) is 2. The van der Waals surface area contributed by atoms with Crippen LogP contribution >= 0.6 is 11.6 Å². The Morgan fingerprint density at radius 1 is 0.822 bits per heavy atom. The fourth-order valence-electron chi connectivity index (χ4n) is 4.70. The first-order valence-electron chi connectivity index (χ1n) is 14.7. The number of hydrogen-bond donors (Lipinski definition) is 1. The van der Waals surface area contributed by atoms with Gasteiger partial charge in [-0.25, -0.2) is 8.42 Å². The van der Waals surface area contributed by atoms with Gasteiger partial charge < -0.3 is 15.0 Å². The van der Waals surface area contributed by atoms with Crippen molar-refractivity contribution < 1.29 is 22.7 Å². The van der Waals surface area contributed by atoms with E-state index in [-0.39, 0.29) is 24.9 Å². The maximum Gasteiger partial charge on any atom is 0.244 e. The van der Waals surface area contributed by atoms with Gasteiger partial charge in [0.25, 0.3) is 0 Å². The molecule has 4 rings (SSSR count). The molecule has 0 saturated carbocycles. The number of nitrogens with one attached hydrogen (secondary N) is 1. The standard InChI is InChI=1S/C35H38ClN3O5S/c1-4-26(2)37-35(41)33(23-27-11-7-5-8-12-27)38(24-28-15-17-29(36)18-16-28)34(40)25-39(45(3,42)43)30-19-21-32(22-20-30)44-31-13-9-6-10-14-31/h5-22,26,33H,4,23-25H2,1-3H3,(H,37,41)/t26-,33-/m0/s1. The second-order valence-electron chi connectivity index (χ2n) is 10.9. The first-order chi connectivity index (χ1) is 21.5. The summed E-state index contributed by atoms with van der Waals surface area (Å²) in [4.78, 5) is 29.5. The molecule has 2 atom stereocenters. The van der Waals surface area contributed by atoms with Gasteiger partial charge in [-0.1, -0.05) is 79.2 Å². The van der Waals surface area contributed by atoms with Crippen molar-refractivity contribution in [3.05, 3.63) is 125 Å². The first kappa shape index (κ1) is 33.6. The van der Waals surface area contributed by atoms with Gasteiger partial charge in [-0.15, -0.1) is 0 Å². The predicted molar refractivity (Wildman–Crippen MR) is 179 cm³/mol. The Morgan fingerprint density at radius 3 is 1.98 bits per heavy atom. The number of rotatable bonds is 14. The molecule has 0 aliphatic carbocycles. The number of benzene rings is 4. The molecule has 45 heavy (non-hydrogen) atoms. The quantitative estimate of drug-likeness (QED) is 0.170. The zero-order valence-electron chi connectivity index (χ0n) is 25.6. The predicted octanol–water partition coefficient (Wildman–Crippen LogP) is 6.45. The van der Waals surface area contributed by atoms with Gasteiger partial charge in [0.05, 0.1) is 11.9 Å². The van der Waals surface area contributed by atoms with E-state index in [1.807, 2.05) is 74.5 Å². The molecule has 0 spiro atoms. The van der Waals surface area contributed by atoms with Crippen LogP contribution in [0.15, 0.2) is 109 Å². The molecular weight excluding hydrogens is 610 g/mol. The molecule has 1 N–H and O–H groups in total. The van der Waals surface area contributed by atoms with Crippen molar-refractivity contribution >= 4 is 39.1 Å². The van der Waals surface area contributed by atoms with E-state index in [2.05, 4.69) is 5.32 Å². The number of halogens is 1. The Labute approximate surface area is 270 Å². The number of ether oxygens (including phenoxy) is 1. The van der Waals surface area contributed by atoms with Crippen LogP contribution in [0.4, 0.5) is 5.69 Å². The third-order valence-electron chi connectivity index (χ3n) is 7.32. The molecule has 0 unspecified atom stereocenters. The summed E-state index contributed by atoms with van der Waals surface area (Å²) in [6, 6.07) is 31.1. The first-order valence-corrected chi connectivity index (χ1v) is 16.9. The van der Waals surface area contributed by atoms with Crippen LogP contribution in [0.2, 0.25) is 5.02 Å². The molecule has 0 heterocycles. The van der Waals surface area contributed by atoms with Crippen LogP contribution in [0, 0.1) is 0 Å². The summed E-state index contributed by atoms with van der Waals surface area (Å²) in [7, 11) is -3.90. The van der Waals surface area contributed by atoms with Crippen molar-refractivity contribution in [3.63, 3.8) is 0 Å². The van der Waals surface area contributed by atoms with Gasteiger partial charge in [0, 0.05) is 24.0 Å². The van der Waals surface area contributed by atoms with Crippen LogP contribution in [0.3, 0.4) is 0 Å². The number of carbonyl (C=O) groups excluding carboxylic acids is 2. The zero-order chi connectivity index (χ0) is 32.4. The number of hydrogen-bond acceptors (Lipinski definition) is 5. The summed E-state index contributed by atoms with van der Waals surface area (Å²) < 4.78 is 33.0. The van der Waals surface area contributed by atoms with Crippen LogP contribution in [-0.4, -0.2) is 50.0 Å². The monoisotopic (exact) mass is 647 g/mol. The highest BCUT2D eigenvalue weighted by Gasteiger charge is 2.33. The van der Waals surface area contributed by atoms with Crippen LogP contribution in [0.5, 0.6) is 11.5 Å². The minimum atomic E-state index is -3.90. The average molecular weight is 648 g/mol. The van der Waals surface area contributed by atoms with Crippen molar-refractivity contribution in [1.29, 1.82) is 0 Å². The van der Waals surface area contributed by atoms with Crippen molar-refractivity contribution in [2.45, 2.75) is 45.3 Å². The molecule has 4 aromatic rings. The molecule has 0 aliphatic heterocycles. The Morgan fingerprint density at radius 2 is 1.40 bits per heavy atom. The summed E-state index contributed by atoms with van der Waals surface area (Å²) >= 11 is 6.12.